The number of carbonyl (C=O) groups excluding carboxylic acids is 2. The molecule has 0 spiro atoms. The molecule has 0 unspecified atom stereocenters. The van der Waals surface area contributed by atoms with E-state index in [0.717, 1.165) is 31.6 Å². The van der Waals surface area contributed by atoms with Gasteiger partial charge in [-0.1, -0.05) is 24.3 Å². The molecule has 1 saturated heterocycles. The minimum absolute atomic E-state index is 0.0333. The molecule has 1 heterocycles. The summed E-state index contributed by atoms with van der Waals surface area (Å²) in [5, 5.41) is 5.89. The van der Waals surface area contributed by atoms with Crippen LogP contribution in [0.3, 0.4) is 0 Å². The first-order chi connectivity index (χ1) is 11.7. The van der Waals surface area contributed by atoms with E-state index in [1.165, 1.54) is 0 Å². The van der Waals surface area contributed by atoms with E-state index in [2.05, 4.69) is 10.6 Å². The minimum atomic E-state index is -0.148. The van der Waals surface area contributed by atoms with Crippen LogP contribution in [0.15, 0.2) is 54.6 Å². The van der Waals surface area contributed by atoms with Crippen molar-refractivity contribution in [3.8, 4) is 0 Å². The summed E-state index contributed by atoms with van der Waals surface area (Å²) in [7, 11) is 0. The maximum Gasteiger partial charge on any atom is 0.253 e. The van der Waals surface area contributed by atoms with E-state index in [9.17, 15) is 9.59 Å². The fourth-order valence-corrected chi connectivity index (χ4v) is 2.78. The molecule has 24 heavy (non-hydrogen) atoms. The standard InChI is InChI=1S/C19H21N3O2/c23-18(14-20-16-8-2-1-3-9-16)21-17-10-6-7-15(13-17)19(24)22-11-4-5-12-22/h1-3,6-10,13,20H,4-5,11-12,14H2,(H,21,23). The molecule has 3 rings (SSSR count). The number of amides is 2. The number of nitrogens with one attached hydrogen (secondary N) is 2. The molecule has 1 aliphatic rings. The largest absolute Gasteiger partial charge is 0.376 e. The van der Waals surface area contributed by atoms with Gasteiger partial charge < -0.3 is 15.5 Å². The van der Waals surface area contributed by atoms with Crippen molar-refractivity contribution >= 4 is 23.2 Å². The van der Waals surface area contributed by atoms with Crippen LogP contribution in [0.25, 0.3) is 0 Å². The van der Waals surface area contributed by atoms with Crippen LogP contribution in [0.4, 0.5) is 11.4 Å². The Kier molecular flexibility index (Phi) is 5.11. The summed E-state index contributed by atoms with van der Waals surface area (Å²) >= 11 is 0. The molecule has 0 atom stereocenters. The minimum Gasteiger partial charge on any atom is -0.376 e. The van der Waals surface area contributed by atoms with Crippen LogP contribution in [0.1, 0.15) is 23.2 Å². The van der Waals surface area contributed by atoms with Gasteiger partial charge in [0.25, 0.3) is 5.91 Å². The third kappa shape index (κ3) is 4.13. The Morgan fingerprint density at radius 3 is 2.38 bits per heavy atom. The second-order valence-electron chi connectivity index (χ2n) is 5.85. The summed E-state index contributed by atoms with van der Waals surface area (Å²) in [5.74, 6) is -0.115. The summed E-state index contributed by atoms with van der Waals surface area (Å²) in [6.45, 7) is 1.81. The number of anilines is 2. The van der Waals surface area contributed by atoms with Gasteiger partial charge in [-0.2, -0.15) is 0 Å². The van der Waals surface area contributed by atoms with E-state index in [0.29, 0.717) is 11.3 Å². The van der Waals surface area contributed by atoms with Gasteiger partial charge in [0.05, 0.1) is 6.54 Å². The first-order valence-corrected chi connectivity index (χ1v) is 8.20. The molecule has 5 heteroatoms. The zero-order valence-corrected chi connectivity index (χ0v) is 13.5. The van der Waals surface area contributed by atoms with Crippen molar-refractivity contribution in [1.29, 1.82) is 0 Å². The SMILES string of the molecule is O=C(CNc1ccccc1)Nc1cccc(C(=O)N2CCCC2)c1. The normalized spacial score (nSPS) is 13.6. The van der Waals surface area contributed by atoms with Crippen molar-refractivity contribution < 1.29 is 9.59 Å². The molecule has 0 aromatic heterocycles. The second kappa shape index (κ2) is 7.64. The van der Waals surface area contributed by atoms with Crippen molar-refractivity contribution in [3.63, 3.8) is 0 Å². The van der Waals surface area contributed by atoms with E-state index in [-0.39, 0.29) is 18.4 Å². The highest BCUT2D eigenvalue weighted by Gasteiger charge is 2.19. The second-order valence-corrected chi connectivity index (χ2v) is 5.85. The van der Waals surface area contributed by atoms with Crippen LogP contribution < -0.4 is 10.6 Å². The van der Waals surface area contributed by atoms with E-state index in [4.69, 9.17) is 0 Å². The van der Waals surface area contributed by atoms with Gasteiger partial charge in [-0.25, -0.2) is 0 Å². The maximum absolute atomic E-state index is 12.4. The van der Waals surface area contributed by atoms with Crippen molar-refractivity contribution in [1.82, 2.24) is 4.90 Å². The first kappa shape index (κ1) is 16.1. The quantitative estimate of drug-likeness (QED) is 0.889. The van der Waals surface area contributed by atoms with Gasteiger partial charge in [-0.05, 0) is 43.2 Å². The van der Waals surface area contributed by atoms with Crippen molar-refractivity contribution in [2.24, 2.45) is 0 Å². The molecule has 2 N–H and O–H groups in total. The highest BCUT2D eigenvalue weighted by Crippen LogP contribution is 2.16. The molecule has 1 aliphatic heterocycles. The van der Waals surface area contributed by atoms with Crippen LogP contribution in [-0.2, 0) is 4.79 Å². The van der Waals surface area contributed by atoms with Gasteiger partial charge in [0, 0.05) is 30.0 Å². The molecule has 0 bridgehead atoms. The molecular formula is C19H21N3O2. The Balaban J connectivity index is 1.57. The van der Waals surface area contributed by atoms with E-state index < -0.39 is 0 Å². The monoisotopic (exact) mass is 323 g/mol. The Labute approximate surface area is 141 Å². The van der Waals surface area contributed by atoms with Gasteiger partial charge in [-0.3, -0.25) is 9.59 Å². The Morgan fingerprint density at radius 2 is 1.62 bits per heavy atom. The lowest BCUT2D eigenvalue weighted by molar-refractivity contribution is -0.114. The Hall–Kier alpha value is -2.82. The first-order valence-electron chi connectivity index (χ1n) is 8.20. The molecule has 0 saturated carbocycles. The highest BCUT2D eigenvalue weighted by atomic mass is 16.2. The molecule has 0 radical (unpaired) electrons. The lowest BCUT2D eigenvalue weighted by Crippen LogP contribution is -2.27. The average molecular weight is 323 g/mol. The lowest BCUT2D eigenvalue weighted by atomic mass is 10.1. The van der Waals surface area contributed by atoms with Gasteiger partial charge in [0.15, 0.2) is 0 Å². The van der Waals surface area contributed by atoms with Gasteiger partial charge in [-0.15, -0.1) is 0 Å². The predicted octanol–water partition coefficient (Wildman–Crippen LogP) is 2.97. The smallest absolute Gasteiger partial charge is 0.253 e. The van der Waals surface area contributed by atoms with Crippen molar-refractivity contribution in [3.05, 3.63) is 60.2 Å². The third-order valence-corrected chi connectivity index (χ3v) is 4.01. The summed E-state index contributed by atoms with van der Waals surface area (Å²) in [4.78, 5) is 26.3. The van der Waals surface area contributed by atoms with Crippen LogP contribution in [0.2, 0.25) is 0 Å². The summed E-state index contributed by atoms with van der Waals surface area (Å²) in [5.41, 5.74) is 2.15. The number of likely N-dealkylation sites (tertiary alicyclic amines) is 1. The number of benzene rings is 2. The number of hydrogen-bond donors (Lipinski definition) is 2. The number of carbonyl (C=O) groups is 2. The van der Waals surface area contributed by atoms with Crippen LogP contribution >= 0.6 is 0 Å². The molecule has 0 aliphatic carbocycles. The maximum atomic E-state index is 12.4. The Morgan fingerprint density at radius 1 is 0.917 bits per heavy atom. The fourth-order valence-electron chi connectivity index (χ4n) is 2.78. The van der Waals surface area contributed by atoms with Crippen LogP contribution in [0, 0.1) is 0 Å². The average Bonchev–Trinajstić information content (AvgIpc) is 3.15. The zero-order valence-electron chi connectivity index (χ0n) is 13.5. The van der Waals surface area contributed by atoms with E-state index in [1.807, 2.05) is 35.2 Å². The molecule has 5 nitrogen and oxygen atoms in total. The summed E-state index contributed by atoms with van der Waals surface area (Å²) in [6.07, 6.45) is 2.13. The molecule has 2 aromatic carbocycles. The molecule has 124 valence electrons. The summed E-state index contributed by atoms with van der Waals surface area (Å²) in [6, 6.07) is 16.7. The van der Waals surface area contributed by atoms with Crippen molar-refractivity contribution in [2.75, 3.05) is 30.3 Å². The zero-order chi connectivity index (χ0) is 16.8. The molecule has 2 amide bonds. The van der Waals surface area contributed by atoms with E-state index >= 15 is 0 Å². The number of nitrogens with zero attached hydrogens (tertiary/aromatic N) is 1. The number of rotatable bonds is 5. The van der Waals surface area contributed by atoms with Gasteiger partial charge in [0.2, 0.25) is 5.91 Å². The van der Waals surface area contributed by atoms with Crippen LogP contribution in [0.5, 0.6) is 0 Å². The lowest BCUT2D eigenvalue weighted by Gasteiger charge is -2.16. The van der Waals surface area contributed by atoms with Crippen LogP contribution in [-0.4, -0.2) is 36.3 Å². The number of hydrogen-bond acceptors (Lipinski definition) is 3. The molecular weight excluding hydrogens is 302 g/mol. The van der Waals surface area contributed by atoms with E-state index in [1.54, 1.807) is 24.3 Å². The fraction of sp³-hybridized carbons (Fsp3) is 0.263. The van der Waals surface area contributed by atoms with Gasteiger partial charge >= 0.3 is 0 Å². The topological polar surface area (TPSA) is 61.4 Å². The Bertz CT molecular complexity index is 710. The van der Waals surface area contributed by atoms with Crippen molar-refractivity contribution in [2.45, 2.75) is 12.8 Å². The summed E-state index contributed by atoms with van der Waals surface area (Å²) < 4.78 is 0. The molecule has 2 aromatic rings. The predicted molar refractivity (Wildman–Crippen MR) is 95.1 cm³/mol. The molecule has 1 fully saturated rings. The number of para-hydroxylation sites is 1. The highest BCUT2D eigenvalue weighted by molar-refractivity contribution is 5.98. The third-order valence-electron chi connectivity index (χ3n) is 4.01. The van der Waals surface area contributed by atoms with Gasteiger partial charge in [0.1, 0.15) is 0 Å².